The van der Waals surface area contributed by atoms with Crippen molar-refractivity contribution in [2.45, 2.75) is 19.8 Å². The summed E-state index contributed by atoms with van der Waals surface area (Å²) < 4.78 is 10.7. The SMILES string of the molecule is COc1cccc(CCC(=O)Nc2cccc(C(=O)Nc3ccccc3)c2C)c1OC. The first kappa shape index (κ1) is 21.9. The van der Waals surface area contributed by atoms with Crippen molar-refractivity contribution in [3.8, 4) is 11.5 Å². The molecule has 0 aromatic heterocycles. The summed E-state index contributed by atoms with van der Waals surface area (Å²) >= 11 is 0. The zero-order valence-electron chi connectivity index (χ0n) is 17.9. The highest BCUT2D eigenvalue weighted by molar-refractivity contribution is 6.06. The molecule has 3 aromatic carbocycles. The molecule has 3 aromatic rings. The van der Waals surface area contributed by atoms with Crippen molar-refractivity contribution in [3.63, 3.8) is 0 Å². The molecule has 0 bridgehead atoms. The fourth-order valence-electron chi connectivity index (χ4n) is 3.35. The van der Waals surface area contributed by atoms with Crippen LogP contribution in [-0.4, -0.2) is 26.0 Å². The molecule has 2 amide bonds. The molecule has 0 atom stereocenters. The lowest BCUT2D eigenvalue weighted by Crippen LogP contribution is -2.17. The van der Waals surface area contributed by atoms with E-state index in [1.54, 1.807) is 32.4 Å². The third kappa shape index (κ3) is 5.42. The van der Waals surface area contributed by atoms with Crippen molar-refractivity contribution in [2.24, 2.45) is 0 Å². The van der Waals surface area contributed by atoms with Gasteiger partial charge in [0.15, 0.2) is 11.5 Å². The molecular formula is C25H26N2O4. The number of hydrogen-bond donors (Lipinski definition) is 2. The Hall–Kier alpha value is -3.80. The van der Waals surface area contributed by atoms with Gasteiger partial charge >= 0.3 is 0 Å². The van der Waals surface area contributed by atoms with Crippen molar-refractivity contribution in [2.75, 3.05) is 24.9 Å². The molecule has 0 aliphatic heterocycles. The third-order valence-corrected chi connectivity index (χ3v) is 4.99. The maximum atomic E-state index is 12.7. The minimum atomic E-state index is -0.221. The van der Waals surface area contributed by atoms with Crippen LogP contribution >= 0.6 is 0 Å². The van der Waals surface area contributed by atoms with Crippen molar-refractivity contribution in [1.82, 2.24) is 0 Å². The Bertz CT molecular complexity index is 1060. The molecule has 0 aliphatic rings. The van der Waals surface area contributed by atoms with Crippen LogP contribution in [0.3, 0.4) is 0 Å². The van der Waals surface area contributed by atoms with Gasteiger partial charge in [-0.3, -0.25) is 9.59 Å². The zero-order chi connectivity index (χ0) is 22.2. The van der Waals surface area contributed by atoms with Crippen molar-refractivity contribution < 1.29 is 19.1 Å². The van der Waals surface area contributed by atoms with Crippen LogP contribution in [0.5, 0.6) is 11.5 Å². The summed E-state index contributed by atoms with van der Waals surface area (Å²) in [6, 6.07) is 20.1. The number of carbonyl (C=O) groups is 2. The number of aryl methyl sites for hydroxylation is 1. The second-order valence-corrected chi connectivity index (χ2v) is 7.00. The number of amides is 2. The number of anilines is 2. The van der Waals surface area contributed by atoms with Crippen molar-refractivity contribution >= 4 is 23.2 Å². The first-order valence-electron chi connectivity index (χ1n) is 9.99. The van der Waals surface area contributed by atoms with Gasteiger partial charge in [-0.25, -0.2) is 0 Å². The Morgan fingerprint density at radius 2 is 1.58 bits per heavy atom. The van der Waals surface area contributed by atoms with Crippen molar-refractivity contribution in [3.05, 3.63) is 83.4 Å². The lowest BCUT2D eigenvalue weighted by Gasteiger charge is -2.14. The Balaban J connectivity index is 1.67. The summed E-state index contributed by atoms with van der Waals surface area (Å²) in [5.74, 6) is 0.899. The van der Waals surface area contributed by atoms with E-state index in [0.29, 0.717) is 40.4 Å². The fraction of sp³-hybridized carbons (Fsp3) is 0.200. The van der Waals surface area contributed by atoms with E-state index in [1.807, 2.05) is 55.5 Å². The minimum absolute atomic E-state index is 0.145. The quantitative estimate of drug-likeness (QED) is 0.549. The summed E-state index contributed by atoms with van der Waals surface area (Å²) in [5.41, 5.74) is 3.45. The van der Waals surface area contributed by atoms with E-state index in [-0.39, 0.29) is 18.2 Å². The lowest BCUT2D eigenvalue weighted by molar-refractivity contribution is -0.116. The van der Waals surface area contributed by atoms with Gasteiger partial charge in [-0.15, -0.1) is 0 Å². The molecule has 6 nitrogen and oxygen atoms in total. The van der Waals surface area contributed by atoms with E-state index in [4.69, 9.17) is 9.47 Å². The summed E-state index contributed by atoms with van der Waals surface area (Å²) in [6.07, 6.45) is 0.767. The van der Waals surface area contributed by atoms with E-state index in [9.17, 15) is 9.59 Å². The number of nitrogens with one attached hydrogen (secondary N) is 2. The Morgan fingerprint density at radius 3 is 2.29 bits per heavy atom. The summed E-state index contributed by atoms with van der Waals surface area (Å²) in [7, 11) is 3.16. The van der Waals surface area contributed by atoms with Gasteiger partial charge in [-0.1, -0.05) is 36.4 Å². The molecule has 0 saturated carbocycles. The van der Waals surface area contributed by atoms with E-state index in [0.717, 1.165) is 5.56 Å². The standard InChI is InChI=1S/C25H26N2O4/c1-17-20(25(29)26-19-10-5-4-6-11-19)12-8-13-21(17)27-23(28)16-15-18-9-7-14-22(30-2)24(18)31-3/h4-14H,15-16H2,1-3H3,(H,26,29)(H,27,28). The molecule has 3 rings (SSSR count). The first-order valence-corrected chi connectivity index (χ1v) is 9.99. The minimum Gasteiger partial charge on any atom is -0.493 e. The lowest BCUT2D eigenvalue weighted by atomic mass is 10.0. The van der Waals surface area contributed by atoms with Gasteiger partial charge in [-0.2, -0.15) is 0 Å². The van der Waals surface area contributed by atoms with E-state index in [2.05, 4.69) is 10.6 Å². The highest BCUT2D eigenvalue weighted by Gasteiger charge is 2.15. The normalized spacial score (nSPS) is 10.3. The molecule has 0 fully saturated rings. The number of carbonyl (C=O) groups excluding carboxylic acids is 2. The average molecular weight is 418 g/mol. The number of methoxy groups -OCH3 is 2. The van der Waals surface area contributed by atoms with Crippen LogP contribution in [0.1, 0.15) is 27.9 Å². The predicted molar refractivity (Wildman–Crippen MR) is 122 cm³/mol. The molecule has 31 heavy (non-hydrogen) atoms. The smallest absolute Gasteiger partial charge is 0.256 e. The zero-order valence-corrected chi connectivity index (χ0v) is 17.9. The van der Waals surface area contributed by atoms with Gasteiger partial charge in [0.2, 0.25) is 5.91 Å². The van der Waals surface area contributed by atoms with Crippen LogP contribution in [0.15, 0.2) is 66.7 Å². The highest BCUT2D eigenvalue weighted by atomic mass is 16.5. The molecule has 0 radical (unpaired) electrons. The first-order chi connectivity index (χ1) is 15.0. The van der Waals surface area contributed by atoms with Crippen LogP contribution in [0.2, 0.25) is 0 Å². The Morgan fingerprint density at radius 1 is 0.839 bits per heavy atom. The van der Waals surface area contributed by atoms with E-state index in [1.165, 1.54) is 0 Å². The van der Waals surface area contributed by atoms with Gasteiger partial charge in [-0.05, 0) is 54.8 Å². The number of para-hydroxylation sites is 2. The largest absolute Gasteiger partial charge is 0.493 e. The van der Waals surface area contributed by atoms with Crippen LogP contribution in [-0.2, 0) is 11.2 Å². The molecule has 0 saturated heterocycles. The Kier molecular flexibility index (Phi) is 7.27. The average Bonchev–Trinajstić information content (AvgIpc) is 2.79. The topological polar surface area (TPSA) is 76.7 Å². The second-order valence-electron chi connectivity index (χ2n) is 7.00. The predicted octanol–water partition coefficient (Wildman–Crippen LogP) is 4.84. The molecule has 0 spiro atoms. The fourth-order valence-corrected chi connectivity index (χ4v) is 3.35. The Labute approximate surface area is 182 Å². The van der Waals surface area contributed by atoms with E-state index < -0.39 is 0 Å². The number of benzene rings is 3. The van der Waals surface area contributed by atoms with Crippen LogP contribution in [0.25, 0.3) is 0 Å². The summed E-state index contributed by atoms with van der Waals surface area (Å²) in [4.78, 5) is 25.2. The van der Waals surface area contributed by atoms with Gasteiger partial charge in [0, 0.05) is 23.4 Å². The van der Waals surface area contributed by atoms with Crippen molar-refractivity contribution in [1.29, 1.82) is 0 Å². The van der Waals surface area contributed by atoms with Crippen LogP contribution in [0, 0.1) is 6.92 Å². The molecular weight excluding hydrogens is 392 g/mol. The number of rotatable bonds is 8. The molecule has 0 aliphatic carbocycles. The maximum Gasteiger partial charge on any atom is 0.256 e. The van der Waals surface area contributed by atoms with Gasteiger partial charge in [0.05, 0.1) is 14.2 Å². The van der Waals surface area contributed by atoms with Gasteiger partial charge < -0.3 is 20.1 Å². The number of ether oxygens (including phenoxy) is 2. The second kappa shape index (κ2) is 10.3. The molecule has 6 heteroatoms. The van der Waals surface area contributed by atoms with Crippen LogP contribution < -0.4 is 20.1 Å². The molecule has 0 unspecified atom stereocenters. The van der Waals surface area contributed by atoms with Gasteiger partial charge in [0.25, 0.3) is 5.91 Å². The molecule has 2 N–H and O–H groups in total. The molecule has 160 valence electrons. The third-order valence-electron chi connectivity index (χ3n) is 4.99. The maximum absolute atomic E-state index is 12.7. The number of hydrogen-bond acceptors (Lipinski definition) is 4. The summed E-state index contributed by atoms with van der Waals surface area (Å²) in [6.45, 7) is 1.82. The highest BCUT2D eigenvalue weighted by Crippen LogP contribution is 2.31. The van der Waals surface area contributed by atoms with Crippen LogP contribution in [0.4, 0.5) is 11.4 Å². The van der Waals surface area contributed by atoms with Gasteiger partial charge in [0.1, 0.15) is 0 Å². The summed E-state index contributed by atoms with van der Waals surface area (Å²) in [5, 5.41) is 5.79. The van der Waals surface area contributed by atoms with E-state index >= 15 is 0 Å². The molecule has 0 heterocycles. The monoisotopic (exact) mass is 418 g/mol.